The average Bonchev–Trinajstić information content (AvgIpc) is 2.91. The molecule has 3 aromatic carbocycles. The zero-order chi connectivity index (χ0) is 27.2. The van der Waals surface area contributed by atoms with E-state index < -0.39 is 23.8 Å². The second-order valence-corrected chi connectivity index (χ2v) is 8.19. The molecule has 4 rings (SSSR count). The van der Waals surface area contributed by atoms with E-state index in [1.54, 1.807) is 36.4 Å². The minimum absolute atomic E-state index is 0.149. The Morgan fingerprint density at radius 1 is 0.947 bits per heavy atom. The van der Waals surface area contributed by atoms with Crippen LogP contribution >= 0.6 is 0 Å². The quantitative estimate of drug-likeness (QED) is 0.281. The van der Waals surface area contributed by atoms with Crippen molar-refractivity contribution in [3.8, 4) is 5.75 Å². The molecular weight excluding hydrogens is 490 g/mol. The number of amides is 5. The van der Waals surface area contributed by atoms with Gasteiger partial charge in [-0.05, 0) is 55.0 Å². The van der Waals surface area contributed by atoms with Crippen LogP contribution in [0.15, 0.2) is 78.4 Å². The lowest BCUT2D eigenvalue weighted by molar-refractivity contribution is -0.122. The zero-order valence-electron chi connectivity index (χ0n) is 20.5. The van der Waals surface area contributed by atoms with Gasteiger partial charge in [-0.25, -0.2) is 14.5 Å². The Morgan fingerprint density at radius 3 is 2.34 bits per heavy atom. The third kappa shape index (κ3) is 5.59. The van der Waals surface area contributed by atoms with Gasteiger partial charge in [-0.1, -0.05) is 36.4 Å². The van der Waals surface area contributed by atoms with Gasteiger partial charge in [-0.15, -0.1) is 0 Å². The van der Waals surface area contributed by atoms with Crippen LogP contribution in [0, 0.1) is 6.92 Å². The maximum Gasteiger partial charge on any atom is 0.337 e. The van der Waals surface area contributed by atoms with Crippen LogP contribution in [0.1, 0.15) is 21.5 Å². The molecule has 0 bridgehead atoms. The Balaban J connectivity index is 1.55. The van der Waals surface area contributed by atoms with E-state index in [1.807, 2.05) is 19.1 Å². The van der Waals surface area contributed by atoms with Crippen LogP contribution in [0.2, 0.25) is 0 Å². The van der Waals surface area contributed by atoms with Crippen LogP contribution in [-0.2, 0) is 19.1 Å². The first kappa shape index (κ1) is 25.8. The fraction of sp³-hybridized carbons (Fsp3) is 0.107. The fourth-order valence-corrected chi connectivity index (χ4v) is 3.69. The van der Waals surface area contributed by atoms with Crippen LogP contribution in [0.3, 0.4) is 0 Å². The topological polar surface area (TPSA) is 131 Å². The second-order valence-electron chi connectivity index (χ2n) is 8.19. The summed E-state index contributed by atoms with van der Waals surface area (Å²) < 4.78 is 10.3. The summed E-state index contributed by atoms with van der Waals surface area (Å²) in [6, 6.07) is 18.5. The number of carbonyl (C=O) groups is 5. The van der Waals surface area contributed by atoms with Gasteiger partial charge in [-0.3, -0.25) is 19.7 Å². The molecule has 1 aliphatic rings. The first-order valence-corrected chi connectivity index (χ1v) is 11.5. The molecule has 2 N–H and O–H groups in total. The number of esters is 1. The third-order valence-corrected chi connectivity index (χ3v) is 5.65. The number of nitrogens with zero attached hydrogens (tertiary/aromatic N) is 1. The molecule has 0 unspecified atom stereocenters. The van der Waals surface area contributed by atoms with Gasteiger partial charge in [-0.2, -0.15) is 0 Å². The van der Waals surface area contributed by atoms with Gasteiger partial charge >= 0.3 is 12.0 Å². The molecule has 0 aromatic heterocycles. The van der Waals surface area contributed by atoms with Crippen LogP contribution in [-0.4, -0.2) is 43.4 Å². The number of hydrogen-bond acceptors (Lipinski definition) is 7. The maximum absolute atomic E-state index is 13.2. The highest BCUT2D eigenvalue weighted by atomic mass is 16.5. The number of methoxy groups -OCH3 is 1. The van der Waals surface area contributed by atoms with E-state index in [4.69, 9.17) is 4.74 Å². The molecule has 10 nitrogen and oxygen atoms in total. The number of aryl methyl sites for hydroxylation is 1. The fourth-order valence-electron chi connectivity index (χ4n) is 3.69. The van der Waals surface area contributed by atoms with Crippen LogP contribution < -0.4 is 20.3 Å². The van der Waals surface area contributed by atoms with Gasteiger partial charge in [0.05, 0.1) is 18.4 Å². The van der Waals surface area contributed by atoms with Gasteiger partial charge in [0, 0.05) is 11.3 Å². The first-order valence-electron chi connectivity index (χ1n) is 11.5. The van der Waals surface area contributed by atoms with Crippen molar-refractivity contribution in [3.63, 3.8) is 0 Å². The van der Waals surface area contributed by atoms with Crippen LogP contribution in [0.4, 0.5) is 16.2 Å². The Bertz CT molecular complexity index is 1460. The van der Waals surface area contributed by atoms with E-state index in [0.717, 1.165) is 10.5 Å². The number of ether oxygens (including phenoxy) is 2. The standard InChI is InChI=1S/C28H23N3O7/c1-17-7-3-5-9-22(17)29-24(32)16-38-23-10-6-4-8-19(23)15-21-25(33)30-28(36)31(26(21)34)20-13-11-18(12-14-20)27(35)37-2/h3-15H,16H2,1-2H3,(H,29,32)(H,30,33,36)/b21-15-. The van der Waals surface area contributed by atoms with E-state index in [2.05, 4.69) is 15.4 Å². The highest BCUT2D eigenvalue weighted by Crippen LogP contribution is 2.26. The number of imide groups is 2. The number of hydrogen-bond donors (Lipinski definition) is 2. The molecule has 0 spiro atoms. The number of benzene rings is 3. The summed E-state index contributed by atoms with van der Waals surface area (Å²) in [5.74, 6) is -2.45. The van der Waals surface area contributed by atoms with E-state index in [-0.39, 0.29) is 35.1 Å². The molecular formula is C28H23N3O7. The van der Waals surface area contributed by atoms with Crippen LogP contribution in [0.5, 0.6) is 5.75 Å². The molecule has 1 aliphatic heterocycles. The minimum Gasteiger partial charge on any atom is -0.483 e. The Hall–Kier alpha value is -5.25. The SMILES string of the molecule is COC(=O)c1ccc(N2C(=O)NC(=O)/C(=C/c3ccccc3OCC(=O)Nc3ccccc3C)C2=O)cc1. The van der Waals surface area contributed by atoms with Gasteiger partial charge in [0.1, 0.15) is 11.3 Å². The number of para-hydroxylation sites is 2. The van der Waals surface area contributed by atoms with Crippen molar-refractivity contribution in [2.45, 2.75) is 6.92 Å². The molecule has 5 amide bonds. The minimum atomic E-state index is -0.930. The molecule has 1 saturated heterocycles. The lowest BCUT2D eigenvalue weighted by Crippen LogP contribution is -2.54. The van der Waals surface area contributed by atoms with Gasteiger partial charge in [0.2, 0.25) is 0 Å². The molecule has 0 aliphatic carbocycles. The number of nitrogens with one attached hydrogen (secondary N) is 2. The van der Waals surface area contributed by atoms with E-state index in [0.29, 0.717) is 11.3 Å². The molecule has 0 saturated carbocycles. The summed E-state index contributed by atoms with van der Waals surface area (Å²) in [5, 5.41) is 4.91. The molecule has 3 aromatic rings. The van der Waals surface area contributed by atoms with Crippen molar-refractivity contribution in [3.05, 3.63) is 95.1 Å². The Kier molecular flexibility index (Phi) is 7.62. The second kappa shape index (κ2) is 11.2. The summed E-state index contributed by atoms with van der Waals surface area (Å²) in [4.78, 5) is 63.2. The zero-order valence-corrected chi connectivity index (χ0v) is 20.5. The molecule has 38 heavy (non-hydrogen) atoms. The predicted molar refractivity (Wildman–Crippen MR) is 139 cm³/mol. The molecule has 0 radical (unpaired) electrons. The molecule has 1 heterocycles. The number of barbiturate groups is 1. The van der Waals surface area contributed by atoms with Gasteiger partial charge < -0.3 is 14.8 Å². The highest BCUT2D eigenvalue weighted by Gasteiger charge is 2.37. The summed E-state index contributed by atoms with van der Waals surface area (Å²) in [5.41, 5.74) is 1.96. The van der Waals surface area contributed by atoms with Crippen molar-refractivity contribution >= 4 is 47.2 Å². The number of carbonyl (C=O) groups excluding carboxylic acids is 5. The van der Waals surface area contributed by atoms with Crippen LogP contribution in [0.25, 0.3) is 6.08 Å². The predicted octanol–water partition coefficient (Wildman–Crippen LogP) is 3.47. The van der Waals surface area contributed by atoms with E-state index in [1.165, 1.54) is 37.5 Å². The first-order chi connectivity index (χ1) is 18.3. The van der Waals surface area contributed by atoms with Crippen molar-refractivity contribution in [2.24, 2.45) is 0 Å². The van der Waals surface area contributed by atoms with Crippen molar-refractivity contribution in [1.82, 2.24) is 5.32 Å². The molecule has 1 fully saturated rings. The van der Waals surface area contributed by atoms with Gasteiger partial charge in [0.25, 0.3) is 17.7 Å². The van der Waals surface area contributed by atoms with E-state index in [9.17, 15) is 24.0 Å². The van der Waals surface area contributed by atoms with E-state index >= 15 is 0 Å². The largest absolute Gasteiger partial charge is 0.483 e. The highest BCUT2D eigenvalue weighted by molar-refractivity contribution is 6.39. The number of anilines is 2. The number of rotatable bonds is 7. The molecule has 0 atom stereocenters. The summed E-state index contributed by atoms with van der Waals surface area (Å²) in [7, 11) is 1.23. The maximum atomic E-state index is 13.2. The lowest BCUT2D eigenvalue weighted by Gasteiger charge is -2.26. The monoisotopic (exact) mass is 513 g/mol. The summed E-state index contributed by atoms with van der Waals surface area (Å²) in [6.07, 6.45) is 1.29. The lowest BCUT2D eigenvalue weighted by atomic mass is 10.1. The number of urea groups is 1. The normalized spacial score (nSPS) is 14.2. The Morgan fingerprint density at radius 2 is 1.63 bits per heavy atom. The van der Waals surface area contributed by atoms with Crippen molar-refractivity contribution < 1.29 is 33.4 Å². The smallest absolute Gasteiger partial charge is 0.337 e. The average molecular weight is 514 g/mol. The Labute approximate surface area is 217 Å². The summed E-state index contributed by atoms with van der Waals surface area (Å²) >= 11 is 0. The summed E-state index contributed by atoms with van der Waals surface area (Å²) in [6.45, 7) is 1.55. The van der Waals surface area contributed by atoms with Crippen molar-refractivity contribution in [2.75, 3.05) is 23.9 Å². The van der Waals surface area contributed by atoms with Crippen molar-refractivity contribution in [1.29, 1.82) is 0 Å². The molecule has 10 heteroatoms. The third-order valence-electron chi connectivity index (χ3n) is 5.65. The molecule has 192 valence electrons. The van der Waals surface area contributed by atoms with Gasteiger partial charge in [0.15, 0.2) is 6.61 Å².